The summed E-state index contributed by atoms with van der Waals surface area (Å²) in [5.74, 6) is -0.485. The van der Waals surface area contributed by atoms with E-state index in [1.807, 2.05) is 12.1 Å². The van der Waals surface area contributed by atoms with E-state index in [1.165, 1.54) is 7.05 Å². The highest BCUT2D eigenvalue weighted by molar-refractivity contribution is 6.07. The van der Waals surface area contributed by atoms with E-state index in [4.69, 9.17) is 5.41 Å². The number of imide groups is 1. The fourth-order valence-electron chi connectivity index (χ4n) is 3.58. The first kappa shape index (κ1) is 20.8. The van der Waals surface area contributed by atoms with E-state index < -0.39 is 18.0 Å². The van der Waals surface area contributed by atoms with Crippen LogP contribution in [0.3, 0.4) is 0 Å². The van der Waals surface area contributed by atoms with Gasteiger partial charge in [-0.1, -0.05) is 0 Å². The zero-order chi connectivity index (χ0) is 21.0. The number of hydrogen-bond acceptors (Lipinski definition) is 6. The van der Waals surface area contributed by atoms with Crippen molar-refractivity contribution < 1.29 is 19.5 Å². The number of urea groups is 1. The van der Waals surface area contributed by atoms with Gasteiger partial charge in [0.1, 0.15) is 11.9 Å². The minimum Gasteiger partial charge on any atom is -0.396 e. The number of aliphatic hydroxyl groups is 1. The van der Waals surface area contributed by atoms with Crippen molar-refractivity contribution in [3.05, 3.63) is 29.8 Å². The van der Waals surface area contributed by atoms with Crippen LogP contribution in [0.25, 0.3) is 0 Å². The molecular weight excluding hydrogens is 374 g/mol. The Morgan fingerprint density at radius 1 is 1.24 bits per heavy atom. The molecule has 4 amide bonds. The smallest absolute Gasteiger partial charge is 0.323 e. The fourth-order valence-corrected chi connectivity index (χ4v) is 3.58. The van der Waals surface area contributed by atoms with Crippen LogP contribution >= 0.6 is 0 Å². The number of amides is 4. The molecule has 1 aromatic rings. The molecule has 1 aromatic carbocycles. The van der Waals surface area contributed by atoms with Gasteiger partial charge < -0.3 is 15.3 Å². The number of aliphatic hydroxyl groups excluding tert-OH is 1. The van der Waals surface area contributed by atoms with E-state index in [-0.39, 0.29) is 31.2 Å². The maximum absolute atomic E-state index is 12.4. The molecule has 0 saturated carbocycles. The molecule has 2 saturated heterocycles. The second-order valence-corrected chi connectivity index (χ2v) is 7.52. The molecular formula is C20H27N5O4. The Morgan fingerprint density at radius 3 is 2.48 bits per heavy atom. The molecule has 3 rings (SSSR count). The third kappa shape index (κ3) is 4.92. The highest BCUT2D eigenvalue weighted by atomic mass is 16.3. The highest BCUT2D eigenvalue weighted by Gasteiger charge is 2.29. The Labute approximate surface area is 169 Å². The minimum atomic E-state index is -0.778. The lowest BCUT2D eigenvalue weighted by atomic mass is 9.97. The van der Waals surface area contributed by atoms with Gasteiger partial charge in [0.05, 0.1) is 0 Å². The molecule has 0 aromatic heterocycles. The third-order valence-electron chi connectivity index (χ3n) is 5.56. The second-order valence-electron chi connectivity index (χ2n) is 7.52. The number of piperidine rings is 2. The quantitative estimate of drug-likeness (QED) is 0.335. The number of rotatable bonds is 4. The maximum Gasteiger partial charge on any atom is 0.323 e. The Balaban J connectivity index is 1.57. The van der Waals surface area contributed by atoms with Gasteiger partial charge in [-0.3, -0.25) is 25.2 Å². The van der Waals surface area contributed by atoms with Crippen LogP contribution in [0, 0.1) is 11.3 Å². The van der Waals surface area contributed by atoms with E-state index in [2.05, 4.69) is 15.5 Å². The normalized spacial score (nSPS) is 20.2. The van der Waals surface area contributed by atoms with Gasteiger partial charge in [0.2, 0.25) is 11.8 Å². The van der Waals surface area contributed by atoms with Crippen LogP contribution in [0.4, 0.5) is 10.5 Å². The summed E-state index contributed by atoms with van der Waals surface area (Å²) in [6.07, 6.45) is 2.34. The van der Waals surface area contributed by atoms with Crippen molar-refractivity contribution >= 4 is 29.4 Å². The lowest BCUT2D eigenvalue weighted by Crippen LogP contribution is -2.55. The molecule has 1 atom stereocenters. The predicted octanol–water partition coefficient (Wildman–Crippen LogP) is 0.667. The molecule has 9 nitrogen and oxygen atoms in total. The van der Waals surface area contributed by atoms with Crippen LogP contribution in [0.2, 0.25) is 0 Å². The van der Waals surface area contributed by atoms with E-state index in [0.717, 1.165) is 36.5 Å². The van der Waals surface area contributed by atoms with Gasteiger partial charge in [0, 0.05) is 44.4 Å². The van der Waals surface area contributed by atoms with Crippen LogP contribution < -0.4 is 15.5 Å². The van der Waals surface area contributed by atoms with E-state index in [9.17, 15) is 19.5 Å². The van der Waals surface area contributed by atoms with Gasteiger partial charge in [0.15, 0.2) is 0 Å². The summed E-state index contributed by atoms with van der Waals surface area (Å²) in [6.45, 7) is 2.00. The molecule has 0 aliphatic carbocycles. The maximum atomic E-state index is 12.4. The largest absolute Gasteiger partial charge is 0.396 e. The van der Waals surface area contributed by atoms with E-state index in [0.29, 0.717) is 11.5 Å². The summed E-state index contributed by atoms with van der Waals surface area (Å²) < 4.78 is 0. The second kappa shape index (κ2) is 9.04. The Morgan fingerprint density at radius 2 is 1.90 bits per heavy atom. The van der Waals surface area contributed by atoms with Crippen molar-refractivity contribution in [1.29, 1.82) is 5.41 Å². The summed E-state index contributed by atoms with van der Waals surface area (Å²) in [4.78, 5) is 38.8. The average Bonchev–Trinajstić information content (AvgIpc) is 2.74. The Kier molecular flexibility index (Phi) is 6.48. The van der Waals surface area contributed by atoms with Crippen molar-refractivity contribution in [3.63, 3.8) is 0 Å². The molecule has 4 N–H and O–H groups in total. The van der Waals surface area contributed by atoms with Gasteiger partial charge in [0.25, 0.3) is 0 Å². The predicted molar refractivity (Wildman–Crippen MR) is 108 cm³/mol. The average molecular weight is 401 g/mol. The number of carbonyl (C=O) groups is 3. The number of amidine groups is 1. The van der Waals surface area contributed by atoms with E-state index >= 15 is 0 Å². The van der Waals surface area contributed by atoms with Gasteiger partial charge in [-0.15, -0.1) is 0 Å². The third-order valence-corrected chi connectivity index (χ3v) is 5.56. The molecule has 1 unspecified atom stereocenters. The van der Waals surface area contributed by atoms with Crippen molar-refractivity contribution in [2.45, 2.75) is 31.7 Å². The van der Waals surface area contributed by atoms with Gasteiger partial charge in [-0.05, 0) is 49.4 Å². The number of nitrogens with zero attached hydrogens (tertiary/aromatic N) is 2. The van der Waals surface area contributed by atoms with Crippen molar-refractivity contribution in [2.24, 2.45) is 5.92 Å². The number of hydrogen-bond donors (Lipinski definition) is 4. The first-order valence-electron chi connectivity index (χ1n) is 9.81. The van der Waals surface area contributed by atoms with Crippen LogP contribution in [-0.4, -0.2) is 66.5 Å². The molecule has 156 valence electrons. The van der Waals surface area contributed by atoms with E-state index in [1.54, 1.807) is 12.1 Å². The molecule has 2 aliphatic heterocycles. The summed E-state index contributed by atoms with van der Waals surface area (Å²) in [7, 11) is 1.47. The first-order chi connectivity index (χ1) is 13.9. The molecule has 2 heterocycles. The summed E-state index contributed by atoms with van der Waals surface area (Å²) >= 11 is 0. The first-order valence-corrected chi connectivity index (χ1v) is 9.81. The molecule has 2 fully saturated rings. The monoisotopic (exact) mass is 401 g/mol. The summed E-state index contributed by atoms with van der Waals surface area (Å²) in [6, 6.07) is 6.10. The molecule has 2 aliphatic rings. The molecule has 0 spiro atoms. The zero-order valence-corrected chi connectivity index (χ0v) is 16.5. The molecule has 0 bridgehead atoms. The van der Waals surface area contributed by atoms with Gasteiger partial charge in [-0.2, -0.15) is 0 Å². The molecule has 0 radical (unpaired) electrons. The number of benzene rings is 1. The lowest BCUT2D eigenvalue weighted by Gasteiger charge is -2.33. The van der Waals surface area contributed by atoms with Crippen LogP contribution in [0.5, 0.6) is 0 Å². The van der Waals surface area contributed by atoms with Crippen LogP contribution in [0.15, 0.2) is 24.3 Å². The van der Waals surface area contributed by atoms with Gasteiger partial charge in [-0.25, -0.2) is 4.79 Å². The van der Waals surface area contributed by atoms with Crippen molar-refractivity contribution in [3.8, 4) is 0 Å². The molecule has 9 heteroatoms. The van der Waals surface area contributed by atoms with Crippen LogP contribution in [0.1, 0.15) is 31.2 Å². The Bertz CT molecular complexity index is 787. The number of nitrogens with one attached hydrogen (secondary N) is 3. The summed E-state index contributed by atoms with van der Waals surface area (Å²) in [5.41, 5.74) is 1.63. The van der Waals surface area contributed by atoms with Crippen molar-refractivity contribution in [2.75, 3.05) is 31.6 Å². The van der Waals surface area contributed by atoms with Crippen LogP contribution in [-0.2, 0) is 9.59 Å². The SMILES string of the molecule is CN(C(=N)c1ccc(N2CCC(CO)CC2)cc1)C(=O)NC1CCC(=O)NC1=O. The summed E-state index contributed by atoms with van der Waals surface area (Å²) in [5, 5.41) is 22.3. The van der Waals surface area contributed by atoms with Crippen molar-refractivity contribution in [1.82, 2.24) is 15.5 Å². The minimum absolute atomic E-state index is 0.0142. The van der Waals surface area contributed by atoms with Gasteiger partial charge >= 0.3 is 6.03 Å². The standard InChI is InChI=1S/C20H27N5O4/c1-24(20(29)22-16-6-7-17(27)23-19(16)28)18(21)14-2-4-15(5-3-14)25-10-8-13(12-26)9-11-25/h2-5,13,16,21,26H,6-12H2,1H3,(H,22,29)(H,23,27,28). The molecule has 29 heavy (non-hydrogen) atoms. The zero-order valence-electron chi connectivity index (χ0n) is 16.5. The number of carbonyl (C=O) groups excluding carboxylic acids is 3. The Hall–Kier alpha value is -2.94. The number of anilines is 1. The highest BCUT2D eigenvalue weighted by Crippen LogP contribution is 2.23. The fraction of sp³-hybridized carbons (Fsp3) is 0.500. The lowest BCUT2D eigenvalue weighted by molar-refractivity contribution is -0.134. The topological polar surface area (TPSA) is 126 Å².